The van der Waals surface area contributed by atoms with Crippen molar-refractivity contribution in [1.29, 1.82) is 0 Å². The van der Waals surface area contributed by atoms with Crippen LogP contribution in [0, 0.1) is 0 Å². The molecule has 142 valence electrons. The molecule has 0 bridgehead atoms. The van der Waals surface area contributed by atoms with Crippen molar-refractivity contribution in [2.75, 3.05) is 0 Å². The van der Waals surface area contributed by atoms with E-state index in [-0.39, 0.29) is 0 Å². The van der Waals surface area contributed by atoms with Gasteiger partial charge in [0, 0.05) is 12.1 Å². The summed E-state index contributed by atoms with van der Waals surface area (Å²) >= 11 is 14.0. The van der Waals surface area contributed by atoms with Crippen molar-refractivity contribution in [2.45, 2.75) is 24.4 Å². The third-order valence-corrected chi connectivity index (χ3v) is 5.65. The van der Waals surface area contributed by atoms with Crippen molar-refractivity contribution >= 4 is 35.0 Å². The van der Waals surface area contributed by atoms with Crippen LogP contribution in [-0.2, 0) is 12.3 Å². The Kier molecular flexibility index (Phi) is 5.66. The Bertz CT molecular complexity index is 1110. The smallest absolute Gasteiger partial charge is 0.249 e. The first-order valence-corrected chi connectivity index (χ1v) is 10.3. The highest BCUT2D eigenvalue weighted by Gasteiger charge is 2.17. The molecule has 2 heterocycles. The molecule has 0 saturated carbocycles. The molecular weight excluding hydrogens is 417 g/mol. The normalized spacial score (nSPS) is 11.1. The second-order valence-electron chi connectivity index (χ2n) is 5.80. The molecule has 4 aromatic rings. The van der Waals surface area contributed by atoms with Crippen LogP contribution in [0.3, 0.4) is 0 Å². The van der Waals surface area contributed by atoms with Crippen LogP contribution in [-0.4, -0.2) is 25.0 Å². The molecule has 9 heteroatoms. The second-order valence-corrected chi connectivity index (χ2v) is 7.56. The third kappa shape index (κ3) is 3.78. The van der Waals surface area contributed by atoms with Gasteiger partial charge in [0.1, 0.15) is 0 Å². The van der Waals surface area contributed by atoms with Gasteiger partial charge in [0.05, 0.1) is 21.4 Å². The maximum Gasteiger partial charge on any atom is 0.249 e. The summed E-state index contributed by atoms with van der Waals surface area (Å²) in [7, 11) is 0. The third-order valence-electron chi connectivity index (χ3n) is 4.04. The molecule has 6 nitrogen and oxygen atoms in total. The van der Waals surface area contributed by atoms with Gasteiger partial charge in [-0.1, -0.05) is 59.2 Å². The maximum atomic E-state index is 6.31. The van der Waals surface area contributed by atoms with E-state index in [1.807, 2.05) is 54.0 Å². The van der Waals surface area contributed by atoms with Gasteiger partial charge in [-0.2, -0.15) is 0 Å². The maximum absolute atomic E-state index is 6.31. The van der Waals surface area contributed by atoms with Crippen molar-refractivity contribution < 1.29 is 4.42 Å². The first-order valence-electron chi connectivity index (χ1n) is 8.55. The lowest BCUT2D eigenvalue weighted by Crippen LogP contribution is -2.00. The Labute approximate surface area is 175 Å². The molecule has 0 amide bonds. The number of hydrogen-bond donors (Lipinski definition) is 0. The quantitative estimate of drug-likeness (QED) is 0.369. The Hall–Kier alpha value is -2.35. The summed E-state index contributed by atoms with van der Waals surface area (Å²) in [6, 6.07) is 14.9. The van der Waals surface area contributed by atoms with Gasteiger partial charge in [0.15, 0.2) is 11.0 Å². The molecule has 2 aromatic heterocycles. The van der Waals surface area contributed by atoms with Crippen LogP contribution in [0.15, 0.2) is 58.1 Å². The molecular formula is C19H15Cl2N5OS. The lowest BCUT2D eigenvalue weighted by molar-refractivity contribution is 0.528. The lowest BCUT2D eigenvalue weighted by atomic mass is 10.2. The monoisotopic (exact) mass is 431 g/mol. The highest BCUT2D eigenvalue weighted by Crippen LogP contribution is 2.31. The van der Waals surface area contributed by atoms with Crippen molar-refractivity contribution in [1.82, 2.24) is 25.0 Å². The molecule has 0 spiro atoms. The van der Waals surface area contributed by atoms with E-state index in [0.717, 1.165) is 16.5 Å². The van der Waals surface area contributed by atoms with Gasteiger partial charge in [0.25, 0.3) is 0 Å². The molecule has 0 aliphatic rings. The molecule has 0 aliphatic heterocycles. The number of thioether (sulfide) groups is 1. The molecule has 4 rings (SSSR count). The van der Waals surface area contributed by atoms with Crippen molar-refractivity contribution in [3.8, 4) is 22.8 Å². The first-order chi connectivity index (χ1) is 13.7. The minimum atomic E-state index is 0.398. The molecule has 0 atom stereocenters. The summed E-state index contributed by atoms with van der Waals surface area (Å²) in [6.07, 6.45) is 0. The van der Waals surface area contributed by atoms with Gasteiger partial charge >= 0.3 is 0 Å². The molecule has 0 unspecified atom stereocenters. The van der Waals surface area contributed by atoms with Crippen LogP contribution in [0.5, 0.6) is 0 Å². The number of nitrogens with zero attached hydrogens (tertiary/aromatic N) is 5. The first kappa shape index (κ1) is 19.0. The minimum absolute atomic E-state index is 0.398. The number of hydrogen-bond acceptors (Lipinski definition) is 6. The van der Waals surface area contributed by atoms with Crippen molar-refractivity contribution in [3.05, 3.63) is 64.5 Å². The van der Waals surface area contributed by atoms with Crippen LogP contribution in [0.4, 0.5) is 0 Å². The largest absolute Gasteiger partial charge is 0.420 e. The lowest BCUT2D eigenvalue weighted by Gasteiger charge is -2.07. The fourth-order valence-corrected chi connectivity index (χ4v) is 3.98. The predicted molar refractivity (Wildman–Crippen MR) is 110 cm³/mol. The van der Waals surface area contributed by atoms with Crippen LogP contribution in [0.25, 0.3) is 22.8 Å². The Morgan fingerprint density at radius 2 is 1.57 bits per heavy atom. The summed E-state index contributed by atoms with van der Waals surface area (Å²) in [6.45, 7) is 2.75. The Morgan fingerprint density at radius 1 is 0.893 bits per heavy atom. The molecule has 0 N–H and O–H groups in total. The van der Waals surface area contributed by atoms with E-state index in [4.69, 9.17) is 27.6 Å². The minimum Gasteiger partial charge on any atom is -0.420 e. The zero-order valence-electron chi connectivity index (χ0n) is 14.8. The van der Waals surface area contributed by atoms with Gasteiger partial charge < -0.3 is 8.98 Å². The summed E-state index contributed by atoms with van der Waals surface area (Å²) in [5.41, 5.74) is 1.56. The topological polar surface area (TPSA) is 69.6 Å². The molecule has 0 fully saturated rings. The Morgan fingerprint density at radius 3 is 2.25 bits per heavy atom. The average molecular weight is 432 g/mol. The van der Waals surface area contributed by atoms with Crippen LogP contribution in [0.1, 0.15) is 12.8 Å². The van der Waals surface area contributed by atoms with Gasteiger partial charge in [-0.25, -0.2) is 0 Å². The van der Waals surface area contributed by atoms with E-state index < -0.39 is 0 Å². The molecule has 0 aliphatic carbocycles. The van der Waals surface area contributed by atoms with Gasteiger partial charge in [0.2, 0.25) is 11.8 Å². The predicted octanol–water partition coefficient (Wildman–Crippen LogP) is 5.61. The average Bonchev–Trinajstić information content (AvgIpc) is 3.33. The highest BCUT2D eigenvalue weighted by atomic mass is 35.5. The van der Waals surface area contributed by atoms with E-state index in [1.54, 1.807) is 6.07 Å². The van der Waals surface area contributed by atoms with E-state index in [9.17, 15) is 0 Å². The number of rotatable bonds is 6. The number of halogens is 2. The number of aromatic nitrogens is 5. The van der Waals surface area contributed by atoms with Gasteiger partial charge in [-0.05, 0) is 31.2 Å². The summed E-state index contributed by atoms with van der Waals surface area (Å²) in [5, 5.41) is 18.8. The summed E-state index contributed by atoms with van der Waals surface area (Å²) in [5.74, 6) is 2.09. The SMILES string of the molecule is CCn1c(SCc2nnc(-c3ccccc3Cl)o2)nnc1-c1ccccc1Cl. The zero-order chi connectivity index (χ0) is 19.5. The summed E-state index contributed by atoms with van der Waals surface area (Å²) < 4.78 is 7.76. The van der Waals surface area contributed by atoms with Crippen LogP contribution >= 0.6 is 35.0 Å². The second kappa shape index (κ2) is 8.34. The van der Waals surface area contributed by atoms with Crippen molar-refractivity contribution in [2.24, 2.45) is 0 Å². The van der Waals surface area contributed by atoms with E-state index in [2.05, 4.69) is 20.4 Å². The van der Waals surface area contributed by atoms with E-state index >= 15 is 0 Å². The molecule has 0 saturated heterocycles. The van der Waals surface area contributed by atoms with Crippen LogP contribution in [0.2, 0.25) is 10.0 Å². The van der Waals surface area contributed by atoms with Crippen molar-refractivity contribution in [3.63, 3.8) is 0 Å². The zero-order valence-corrected chi connectivity index (χ0v) is 17.2. The highest BCUT2D eigenvalue weighted by molar-refractivity contribution is 7.98. The molecule has 28 heavy (non-hydrogen) atoms. The summed E-state index contributed by atoms with van der Waals surface area (Å²) in [4.78, 5) is 0. The number of benzene rings is 2. The fourth-order valence-electron chi connectivity index (χ4n) is 2.70. The van der Waals surface area contributed by atoms with Gasteiger partial charge in [-0.3, -0.25) is 0 Å². The van der Waals surface area contributed by atoms with E-state index in [1.165, 1.54) is 11.8 Å². The fraction of sp³-hybridized carbons (Fsp3) is 0.158. The molecule has 0 radical (unpaired) electrons. The van der Waals surface area contributed by atoms with Crippen LogP contribution < -0.4 is 0 Å². The Balaban J connectivity index is 1.54. The standard InChI is InChI=1S/C19H15Cl2N5OS/c1-2-26-17(12-7-3-5-9-14(12)20)23-25-19(26)28-11-16-22-24-18(27-16)13-8-4-6-10-15(13)21/h3-10H,2,11H2,1H3. The van der Waals surface area contributed by atoms with E-state index in [0.29, 0.717) is 39.7 Å². The molecule has 2 aromatic carbocycles. The van der Waals surface area contributed by atoms with Gasteiger partial charge in [-0.15, -0.1) is 20.4 Å².